The van der Waals surface area contributed by atoms with Crippen LogP contribution in [0.3, 0.4) is 0 Å². The van der Waals surface area contributed by atoms with Crippen LogP contribution in [0.4, 0.5) is 0 Å². The molecule has 1 aromatic carbocycles. The van der Waals surface area contributed by atoms with Crippen molar-refractivity contribution < 1.29 is 14.2 Å². The van der Waals surface area contributed by atoms with Gasteiger partial charge < -0.3 is 5.73 Å². The van der Waals surface area contributed by atoms with Crippen LogP contribution in [-0.4, -0.2) is 15.0 Å². The number of nitrogens with one attached hydrogen (secondary N) is 1. The molecule has 14 heavy (non-hydrogen) atoms. The molecule has 0 aliphatic carbocycles. The minimum Gasteiger partial charge on any atom is -0.354 e. The third-order valence-corrected chi connectivity index (χ3v) is 3.42. The van der Waals surface area contributed by atoms with Gasteiger partial charge in [-0.2, -0.15) is 0 Å². The van der Waals surface area contributed by atoms with Crippen molar-refractivity contribution in [1.29, 1.82) is 0 Å². The first-order valence-corrected chi connectivity index (χ1v) is 5.96. The van der Waals surface area contributed by atoms with E-state index in [-0.39, 0.29) is 0 Å². The Balaban J connectivity index is 2.97. The predicted octanol–water partition coefficient (Wildman–Crippen LogP) is -0.273. The standard InChI is InChI=1S/C9H14N2O2S/c1-2-11-14(12,13)9-5-3-8(7-10)4-6-9/h3-6,11H,2,7,10H2,1H3/p+1. The van der Waals surface area contributed by atoms with E-state index < -0.39 is 10.0 Å². The maximum absolute atomic E-state index is 11.5. The SMILES string of the molecule is CCNS(=O)(=O)c1ccc(C[NH3+])cc1. The number of benzene rings is 1. The van der Waals surface area contributed by atoms with E-state index in [0.717, 1.165) is 5.56 Å². The molecule has 0 spiro atoms. The number of sulfonamides is 1. The van der Waals surface area contributed by atoms with Gasteiger partial charge >= 0.3 is 0 Å². The van der Waals surface area contributed by atoms with Crippen molar-refractivity contribution in [3.8, 4) is 0 Å². The molecular formula is C9H15N2O2S+. The zero-order valence-electron chi connectivity index (χ0n) is 8.16. The highest BCUT2D eigenvalue weighted by molar-refractivity contribution is 7.89. The molecule has 0 saturated carbocycles. The lowest BCUT2D eigenvalue weighted by atomic mass is 10.2. The van der Waals surface area contributed by atoms with Gasteiger partial charge in [0.1, 0.15) is 0 Å². The van der Waals surface area contributed by atoms with Gasteiger partial charge in [-0.3, -0.25) is 0 Å². The Kier molecular flexibility index (Phi) is 3.62. The molecule has 0 amide bonds. The topological polar surface area (TPSA) is 73.8 Å². The van der Waals surface area contributed by atoms with Gasteiger partial charge in [0, 0.05) is 12.1 Å². The molecule has 0 atom stereocenters. The maximum Gasteiger partial charge on any atom is 0.240 e. The predicted molar refractivity (Wildman–Crippen MR) is 53.9 cm³/mol. The molecule has 4 nitrogen and oxygen atoms in total. The molecule has 0 unspecified atom stereocenters. The highest BCUT2D eigenvalue weighted by Gasteiger charge is 2.11. The second-order valence-corrected chi connectivity index (χ2v) is 4.66. The van der Waals surface area contributed by atoms with E-state index in [1.807, 2.05) is 0 Å². The van der Waals surface area contributed by atoms with Gasteiger partial charge in [-0.15, -0.1) is 0 Å². The summed E-state index contributed by atoms with van der Waals surface area (Å²) in [6.45, 7) is 2.82. The Labute approximate surface area is 84.2 Å². The van der Waals surface area contributed by atoms with Crippen LogP contribution >= 0.6 is 0 Å². The van der Waals surface area contributed by atoms with Gasteiger partial charge in [0.15, 0.2) is 0 Å². The van der Waals surface area contributed by atoms with E-state index in [1.54, 1.807) is 31.2 Å². The van der Waals surface area contributed by atoms with E-state index in [0.29, 0.717) is 18.0 Å². The van der Waals surface area contributed by atoms with Gasteiger partial charge in [-0.25, -0.2) is 13.1 Å². The fraction of sp³-hybridized carbons (Fsp3) is 0.333. The minimum atomic E-state index is -3.31. The van der Waals surface area contributed by atoms with Crippen molar-refractivity contribution in [3.63, 3.8) is 0 Å². The molecule has 1 aromatic rings. The van der Waals surface area contributed by atoms with Crippen LogP contribution in [0.2, 0.25) is 0 Å². The lowest BCUT2D eigenvalue weighted by Gasteiger charge is -2.04. The van der Waals surface area contributed by atoms with E-state index >= 15 is 0 Å². The largest absolute Gasteiger partial charge is 0.354 e. The summed E-state index contributed by atoms with van der Waals surface area (Å²) in [6.07, 6.45) is 0. The first kappa shape index (κ1) is 11.2. The van der Waals surface area contributed by atoms with Crippen LogP contribution in [-0.2, 0) is 16.6 Å². The van der Waals surface area contributed by atoms with Crippen LogP contribution in [0.5, 0.6) is 0 Å². The molecule has 0 aliphatic heterocycles. The number of rotatable bonds is 4. The van der Waals surface area contributed by atoms with Gasteiger partial charge in [-0.05, 0) is 12.1 Å². The molecule has 1 rings (SSSR count). The minimum absolute atomic E-state index is 0.302. The molecule has 78 valence electrons. The normalized spacial score (nSPS) is 11.6. The summed E-state index contributed by atoms with van der Waals surface area (Å²) >= 11 is 0. The van der Waals surface area contributed by atoms with Crippen molar-refractivity contribution in [1.82, 2.24) is 4.72 Å². The van der Waals surface area contributed by atoms with Gasteiger partial charge in [0.05, 0.1) is 11.4 Å². The molecular weight excluding hydrogens is 200 g/mol. The van der Waals surface area contributed by atoms with E-state index in [4.69, 9.17) is 0 Å². The first-order chi connectivity index (χ1) is 6.60. The summed E-state index contributed by atoms with van der Waals surface area (Å²) < 4.78 is 25.4. The second-order valence-electron chi connectivity index (χ2n) is 2.90. The highest BCUT2D eigenvalue weighted by atomic mass is 32.2. The lowest BCUT2D eigenvalue weighted by molar-refractivity contribution is -0.386. The van der Waals surface area contributed by atoms with Crippen molar-refractivity contribution in [3.05, 3.63) is 29.8 Å². The van der Waals surface area contributed by atoms with Crippen molar-refractivity contribution in [2.24, 2.45) is 0 Å². The zero-order valence-corrected chi connectivity index (χ0v) is 8.97. The molecule has 0 aromatic heterocycles. The quantitative estimate of drug-likeness (QED) is 0.725. The van der Waals surface area contributed by atoms with Crippen LogP contribution in [0.25, 0.3) is 0 Å². The average molecular weight is 215 g/mol. The Morgan fingerprint density at radius 1 is 1.29 bits per heavy atom. The Hall–Kier alpha value is -0.910. The van der Waals surface area contributed by atoms with Crippen LogP contribution in [0.1, 0.15) is 12.5 Å². The summed E-state index contributed by atoms with van der Waals surface area (Å²) in [5.74, 6) is 0. The number of hydrogen-bond donors (Lipinski definition) is 2. The molecule has 0 bridgehead atoms. The molecule has 5 heteroatoms. The third-order valence-electron chi connectivity index (χ3n) is 1.86. The fourth-order valence-corrected chi connectivity index (χ4v) is 2.15. The summed E-state index contributed by atoms with van der Waals surface area (Å²) in [7, 11) is -3.31. The van der Waals surface area contributed by atoms with E-state index in [9.17, 15) is 8.42 Å². The zero-order chi connectivity index (χ0) is 10.6. The van der Waals surface area contributed by atoms with Crippen LogP contribution in [0.15, 0.2) is 29.2 Å². The van der Waals surface area contributed by atoms with Gasteiger partial charge in [0.2, 0.25) is 10.0 Å². The Morgan fingerprint density at radius 3 is 2.29 bits per heavy atom. The van der Waals surface area contributed by atoms with E-state index in [1.165, 1.54) is 0 Å². The van der Waals surface area contributed by atoms with E-state index in [2.05, 4.69) is 10.5 Å². The summed E-state index contributed by atoms with van der Waals surface area (Å²) in [5, 5.41) is 0. The molecule has 0 radical (unpaired) electrons. The smallest absolute Gasteiger partial charge is 0.240 e. The lowest BCUT2D eigenvalue weighted by Crippen LogP contribution is -2.47. The molecule has 0 fully saturated rings. The average Bonchev–Trinajstić information content (AvgIpc) is 2.18. The highest BCUT2D eigenvalue weighted by Crippen LogP contribution is 2.09. The fourth-order valence-electron chi connectivity index (χ4n) is 1.11. The maximum atomic E-state index is 11.5. The molecule has 4 N–H and O–H groups in total. The van der Waals surface area contributed by atoms with Crippen LogP contribution < -0.4 is 10.5 Å². The van der Waals surface area contributed by atoms with Crippen molar-refractivity contribution in [2.75, 3.05) is 6.54 Å². The number of quaternary nitrogens is 1. The molecule has 0 aliphatic rings. The van der Waals surface area contributed by atoms with Gasteiger partial charge in [-0.1, -0.05) is 19.1 Å². The summed E-state index contributed by atoms with van der Waals surface area (Å²) in [6, 6.07) is 6.74. The Morgan fingerprint density at radius 2 is 1.86 bits per heavy atom. The van der Waals surface area contributed by atoms with Crippen molar-refractivity contribution >= 4 is 10.0 Å². The number of hydrogen-bond acceptors (Lipinski definition) is 2. The monoisotopic (exact) mass is 215 g/mol. The third kappa shape index (κ3) is 2.54. The second kappa shape index (κ2) is 4.54. The first-order valence-electron chi connectivity index (χ1n) is 4.48. The summed E-state index contributed by atoms with van der Waals surface area (Å²) in [5.41, 5.74) is 4.75. The summed E-state index contributed by atoms with van der Waals surface area (Å²) in [4.78, 5) is 0.302. The molecule has 0 saturated heterocycles. The van der Waals surface area contributed by atoms with Gasteiger partial charge in [0.25, 0.3) is 0 Å². The van der Waals surface area contributed by atoms with Crippen molar-refractivity contribution in [2.45, 2.75) is 18.4 Å². The van der Waals surface area contributed by atoms with Crippen LogP contribution in [0, 0.1) is 0 Å². The Bertz CT molecular complexity index is 384. The molecule has 0 heterocycles.